The van der Waals surface area contributed by atoms with Gasteiger partial charge in [0, 0.05) is 19.6 Å². The molecule has 3 N–H and O–H groups in total. The number of aliphatic hydroxyl groups excluding tert-OH is 1. The fourth-order valence-corrected chi connectivity index (χ4v) is 8.98. The van der Waals surface area contributed by atoms with E-state index < -0.39 is 45.5 Å². The van der Waals surface area contributed by atoms with Gasteiger partial charge in [0.15, 0.2) is 0 Å². The highest BCUT2D eigenvalue weighted by molar-refractivity contribution is 7.86. The Morgan fingerprint density at radius 1 is 0.864 bits per heavy atom. The van der Waals surface area contributed by atoms with Crippen molar-refractivity contribution in [3.8, 4) is 10.4 Å². The number of likely N-dealkylation sites (tertiary alicyclic amines) is 1. The monoisotopic (exact) mass is 854 g/mol. The third-order valence-corrected chi connectivity index (χ3v) is 13.1. The SMILES string of the molecule is Cc1ccc(S(=O)(=O)OCCCCCCCCCCCCCOCC(=O)N[C@H](C(=O)N2C[C@H](O)C[C@H]2C(=O)N[C@@H](C)c2ccc(-c3scnc3C)cc2)C(C)(C)C)cc1. The van der Waals surface area contributed by atoms with E-state index in [4.69, 9.17) is 8.92 Å². The number of hydrogen-bond acceptors (Lipinski definition) is 10. The van der Waals surface area contributed by atoms with Crippen LogP contribution in [0.3, 0.4) is 0 Å². The molecule has 0 spiro atoms. The minimum absolute atomic E-state index is 0.00851. The number of carbonyl (C=O) groups is 3. The normalized spacial score (nSPS) is 16.8. The van der Waals surface area contributed by atoms with E-state index in [2.05, 4.69) is 15.6 Å². The van der Waals surface area contributed by atoms with Crippen LogP contribution in [0.2, 0.25) is 0 Å². The van der Waals surface area contributed by atoms with Crippen molar-refractivity contribution < 1.29 is 36.8 Å². The van der Waals surface area contributed by atoms with Crippen LogP contribution in [-0.4, -0.2) is 85.7 Å². The molecular formula is C45H66N4O8S2. The van der Waals surface area contributed by atoms with Crippen LogP contribution < -0.4 is 10.6 Å². The van der Waals surface area contributed by atoms with Gasteiger partial charge in [-0.15, -0.1) is 11.3 Å². The Morgan fingerprint density at radius 3 is 2.00 bits per heavy atom. The van der Waals surface area contributed by atoms with Gasteiger partial charge in [0.1, 0.15) is 18.7 Å². The highest BCUT2D eigenvalue weighted by atomic mass is 32.2. The molecule has 59 heavy (non-hydrogen) atoms. The number of ether oxygens (including phenoxy) is 1. The van der Waals surface area contributed by atoms with Crippen LogP contribution in [0, 0.1) is 19.3 Å². The fourth-order valence-electron chi connectivity index (χ4n) is 7.22. The summed E-state index contributed by atoms with van der Waals surface area (Å²) < 4.78 is 35.4. The van der Waals surface area contributed by atoms with Gasteiger partial charge in [0.05, 0.1) is 39.7 Å². The summed E-state index contributed by atoms with van der Waals surface area (Å²) in [6.45, 7) is 11.9. The molecule has 1 aliphatic rings. The maximum atomic E-state index is 14.0. The quantitative estimate of drug-likeness (QED) is 0.0603. The van der Waals surface area contributed by atoms with Gasteiger partial charge in [0.2, 0.25) is 17.7 Å². The average Bonchev–Trinajstić information content (AvgIpc) is 3.81. The topological polar surface area (TPSA) is 164 Å². The van der Waals surface area contributed by atoms with Gasteiger partial charge < -0.3 is 25.4 Å². The van der Waals surface area contributed by atoms with E-state index in [0.717, 1.165) is 85.0 Å². The van der Waals surface area contributed by atoms with E-state index >= 15 is 0 Å². The standard InChI is InChI=1S/C45H66N4O8S2/c1-32-18-24-38(25-19-32)59(54,55)57-27-17-15-13-11-9-7-8-10-12-14-16-26-56-30-40(51)48-42(45(4,5)6)44(53)49-29-37(50)28-39(49)43(52)47-33(2)35-20-22-36(23-21-35)41-34(3)46-31-58-41/h18-25,31,33,37,39,42,50H,7-17,26-30H2,1-6H3,(H,47,52)(H,48,51)/t33-,37+,39-,42+/m0/s1. The minimum atomic E-state index is -3.69. The van der Waals surface area contributed by atoms with Crippen LogP contribution in [0.5, 0.6) is 0 Å². The molecule has 1 fully saturated rings. The molecule has 1 aliphatic heterocycles. The van der Waals surface area contributed by atoms with Crippen molar-refractivity contribution in [2.75, 3.05) is 26.4 Å². The molecule has 1 saturated heterocycles. The Labute approximate surface area is 356 Å². The summed E-state index contributed by atoms with van der Waals surface area (Å²) in [6, 6.07) is 12.5. The molecule has 4 rings (SSSR count). The van der Waals surface area contributed by atoms with Gasteiger partial charge in [-0.2, -0.15) is 8.42 Å². The van der Waals surface area contributed by atoms with Gasteiger partial charge in [-0.3, -0.25) is 18.6 Å². The minimum Gasteiger partial charge on any atom is -0.391 e. The van der Waals surface area contributed by atoms with Crippen LogP contribution >= 0.6 is 11.3 Å². The van der Waals surface area contributed by atoms with Crippen LogP contribution in [0.25, 0.3) is 10.4 Å². The molecule has 2 heterocycles. The van der Waals surface area contributed by atoms with Crippen molar-refractivity contribution in [1.82, 2.24) is 20.5 Å². The number of hydrogen-bond donors (Lipinski definition) is 3. The highest BCUT2D eigenvalue weighted by Gasteiger charge is 2.44. The number of carbonyl (C=O) groups excluding carboxylic acids is 3. The van der Waals surface area contributed by atoms with Crippen molar-refractivity contribution in [3.05, 3.63) is 70.9 Å². The maximum Gasteiger partial charge on any atom is 0.296 e. The van der Waals surface area contributed by atoms with Gasteiger partial charge >= 0.3 is 0 Å². The molecule has 14 heteroatoms. The number of nitrogens with one attached hydrogen (secondary N) is 2. The molecule has 3 aromatic rings. The molecule has 0 radical (unpaired) electrons. The number of rotatable bonds is 24. The third kappa shape index (κ3) is 15.4. The van der Waals surface area contributed by atoms with E-state index in [1.807, 2.05) is 71.3 Å². The Bertz CT molecular complexity index is 1880. The number of benzene rings is 2. The van der Waals surface area contributed by atoms with Crippen molar-refractivity contribution in [2.45, 2.75) is 148 Å². The number of amides is 3. The lowest BCUT2D eigenvalue weighted by atomic mass is 9.85. The molecule has 4 atom stereocenters. The van der Waals surface area contributed by atoms with Gasteiger partial charge in [-0.05, 0) is 62.3 Å². The van der Waals surface area contributed by atoms with Crippen LogP contribution in [0.1, 0.15) is 128 Å². The van der Waals surface area contributed by atoms with E-state index in [0.29, 0.717) is 6.61 Å². The van der Waals surface area contributed by atoms with Gasteiger partial charge in [-0.25, -0.2) is 4.98 Å². The Balaban J connectivity index is 1.07. The summed E-state index contributed by atoms with van der Waals surface area (Å²) in [5.41, 5.74) is 5.11. The van der Waals surface area contributed by atoms with Crippen molar-refractivity contribution in [3.63, 3.8) is 0 Å². The predicted molar refractivity (Wildman–Crippen MR) is 232 cm³/mol. The summed E-state index contributed by atoms with van der Waals surface area (Å²) in [4.78, 5) is 47.5. The van der Waals surface area contributed by atoms with Gasteiger partial charge in [0.25, 0.3) is 10.1 Å². The molecule has 0 saturated carbocycles. The molecule has 326 valence electrons. The first kappa shape index (κ1) is 48.0. The van der Waals surface area contributed by atoms with E-state index in [-0.39, 0.29) is 43.0 Å². The molecule has 1 aromatic heterocycles. The first-order valence-corrected chi connectivity index (χ1v) is 23.5. The molecule has 12 nitrogen and oxygen atoms in total. The molecule has 0 aliphatic carbocycles. The van der Waals surface area contributed by atoms with E-state index in [9.17, 15) is 27.9 Å². The Morgan fingerprint density at radius 2 is 1.44 bits per heavy atom. The second-order valence-corrected chi connectivity index (χ2v) is 19.4. The smallest absolute Gasteiger partial charge is 0.296 e. The highest BCUT2D eigenvalue weighted by Crippen LogP contribution is 2.30. The zero-order valence-electron chi connectivity index (χ0n) is 35.8. The lowest BCUT2D eigenvalue weighted by Gasteiger charge is -2.35. The van der Waals surface area contributed by atoms with Crippen LogP contribution in [0.15, 0.2) is 58.9 Å². The zero-order chi connectivity index (χ0) is 43.0. The van der Waals surface area contributed by atoms with E-state index in [1.54, 1.807) is 35.6 Å². The third-order valence-electron chi connectivity index (χ3n) is 10.8. The molecular weight excluding hydrogens is 789 g/mol. The predicted octanol–water partition coefficient (Wildman–Crippen LogP) is 7.81. The number of thiazole rings is 1. The summed E-state index contributed by atoms with van der Waals surface area (Å²) >= 11 is 1.58. The average molecular weight is 855 g/mol. The number of nitrogens with zero attached hydrogens (tertiary/aromatic N) is 2. The van der Waals surface area contributed by atoms with E-state index in [1.165, 1.54) is 17.7 Å². The Hall–Kier alpha value is -3.69. The first-order chi connectivity index (χ1) is 28.1. The summed E-state index contributed by atoms with van der Waals surface area (Å²) in [5, 5.41) is 16.5. The van der Waals surface area contributed by atoms with Crippen molar-refractivity contribution in [2.24, 2.45) is 5.41 Å². The second kappa shape index (κ2) is 23.3. The second-order valence-electron chi connectivity index (χ2n) is 16.9. The summed E-state index contributed by atoms with van der Waals surface area (Å²) in [5.74, 6) is -1.15. The molecule has 3 amide bonds. The van der Waals surface area contributed by atoms with Crippen LogP contribution in [-0.2, 0) is 33.4 Å². The summed E-state index contributed by atoms with van der Waals surface area (Å²) in [6.07, 6.45) is 10.7. The van der Waals surface area contributed by atoms with Crippen molar-refractivity contribution in [1.29, 1.82) is 0 Å². The molecule has 2 aromatic carbocycles. The first-order valence-electron chi connectivity index (χ1n) is 21.2. The Kier molecular flexibility index (Phi) is 19.0. The lowest BCUT2D eigenvalue weighted by Crippen LogP contribution is -2.58. The number of β-amino-alcohol motifs (C(OH)–C–C–N with tert-alkyl or cyclic N) is 1. The van der Waals surface area contributed by atoms with Gasteiger partial charge in [-0.1, -0.05) is 121 Å². The maximum absolute atomic E-state index is 14.0. The fraction of sp³-hybridized carbons (Fsp3) is 0.600. The number of aliphatic hydroxyl groups is 1. The van der Waals surface area contributed by atoms with Crippen LogP contribution in [0.4, 0.5) is 0 Å². The number of aromatic nitrogens is 1. The zero-order valence-corrected chi connectivity index (χ0v) is 37.5. The summed E-state index contributed by atoms with van der Waals surface area (Å²) in [7, 11) is -3.69. The molecule has 0 unspecified atom stereocenters. The van der Waals surface area contributed by atoms with Crippen molar-refractivity contribution >= 4 is 39.2 Å². The number of unbranched alkanes of at least 4 members (excludes halogenated alkanes) is 10. The number of aryl methyl sites for hydroxylation is 2. The molecule has 0 bridgehead atoms. The lowest BCUT2D eigenvalue weighted by molar-refractivity contribution is -0.144. The largest absolute Gasteiger partial charge is 0.391 e.